The van der Waals surface area contributed by atoms with Crippen LogP contribution in [0.15, 0.2) is 47.8 Å². The maximum atomic E-state index is 12.4. The van der Waals surface area contributed by atoms with Gasteiger partial charge in [0, 0.05) is 22.2 Å². The molecular formula is C19H17N3O4S. The van der Waals surface area contributed by atoms with Crippen molar-refractivity contribution in [2.75, 3.05) is 19.5 Å². The average molecular weight is 383 g/mol. The SMILES string of the molecule is COc1ccc(-c2nc(C(=O)Nc3ccc(C(N)=O)cc3)cs2)cc1OC. The Morgan fingerprint density at radius 2 is 1.74 bits per heavy atom. The normalized spacial score (nSPS) is 10.3. The molecule has 0 bridgehead atoms. The predicted octanol–water partition coefficient (Wildman–Crippen LogP) is 3.18. The molecule has 0 aliphatic carbocycles. The van der Waals surface area contributed by atoms with E-state index in [0.29, 0.717) is 33.5 Å². The highest BCUT2D eigenvalue weighted by Crippen LogP contribution is 2.33. The fraction of sp³-hybridized carbons (Fsp3) is 0.105. The second-order valence-electron chi connectivity index (χ2n) is 5.50. The third-order valence-electron chi connectivity index (χ3n) is 3.79. The highest BCUT2D eigenvalue weighted by molar-refractivity contribution is 7.13. The number of carbonyl (C=O) groups excluding carboxylic acids is 2. The Labute approximate surface area is 159 Å². The van der Waals surface area contributed by atoms with Crippen LogP contribution in [0, 0.1) is 0 Å². The molecule has 1 aromatic heterocycles. The van der Waals surface area contributed by atoms with Gasteiger partial charge in [-0.1, -0.05) is 0 Å². The molecule has 138 valence electrons. The molecule has 0 saturated heterocycles. The van der Waals surface area contributed by atoms with Crippen molar-refractivity contribution in [3.05, 3.63) is 59.1 Å². The number of rotatable bonds is 6. The minimum atomic E-state index is -0.521. The van der Waals surface area contributed by atoms with E-state index in [9.17, 15) is 9.59 Å². The quantitative estimate of drug-likeness (QED) is 0.680. The van der Waals surface area contributed by atoms with E-state index in [1.54, 1.807) is 49.9 Å². The Bertz CT molecular complexity index is 983. The maximum Gasteiger partial charge on any atom is 0.275 e. The average Bonchev–Trinajstić information content (AvgIpc) is 3.18. The first-order chi connectivity index (χ1) is 13.0. The largest absolute Gasteiger partial charge is 0.493 e. The second-order valence-corrected chi connectivity index (χ2v) is 6.36. The lowest BCUT2D eigenvalue weighted by Gasteiger charge is -2.08. The summed E-state index contributed by atoms with van der Waals surface area (Å²) in [7, 11) is 3.13. The molecule has 27 heavy (non-hydrogen) atoms. The molecule has 0 aliphatic rings. The summed E-state index contributed by atoms with van der Waals surface area (Å²) < 4.78 is 10.5. The lowest BCUT2D eigenvalue weighted by Crippen LogP contribution is -2.13. The zero-order valence-electron chi connectivity index (χ0n) is 14.7. The van der Waals surface area contributed by atoms with Crippen LogP contribution in [0.3, 0.4) is 0 Å². The van der Waals surface area contributed by atoms with Gasteiger partial charge in [0.15, 0.2) is 11.5 Å². The molecule has 7 nitrogen and oxygen atoms in total. The highest BCUT2D eigenvalue weighted by Gasteiger charge is 2.14. The van der Waals surface area contributed by atoms with Gasteiger partial charge in [-0.2, -0.15) is 0 Å². The molecule has 8 heteroatoms. The van der Waals surface area contributed by atoms with E-state index in [2.05, 4.69) is 10.3 Å². The van der Waals surface area contributed by atoms with Crippen LogP contribution in [0.5, 0.6) is 11.5 Å². The van der Waals surface area contributed by atoms with E-state index < -0.39 is 5.91 Å². The van der Waals surface area contributed by atoms with Crippen LogP contribution in [0.2, 0.25) is 0 Å². The number of hydrogen-bond donors (Lipinski definition) is 2. The molecule has 0 saturated carbocycles. The topological polar surface area (TPSA) is 104 Å². The summed E-state index contributed by atoms with van der Waals surface area (Å²) in [4.78, 5) is 27.9. The third-order valence-corrected chi connectivity index (χ3v) is 4.69. The lowest BCUT2D eigenvalue weighted by atomic mass is 10.2. The van der Waals surface area contributed by atoms with E-state index in [1.807, 2.05) is 12.1 Å². The number of benzene rings is 2. The zero-order valence-corrected chi connectivity index (χ0v) is 15.5. The number of methoxy groups -OCH3 is 2. The van der Waals surface area contributed by atoms with Gasteiger partial charge in [0.2, 0.25) is 5.91 Å². The van der Waals surface area contributed by atoms with E-state index in [-0.39, 0.29) is 5.91 Å². The Morgan fingerprint density at radius 3 is 2.37 bits per heavy atom. The van der Waals surface area contributed by atoms with Crippen LogP contribution in [-0.4, -0.2) is 31.0 Å². The molecule has 0 spiro atoms. The molecule has 0 radical (unpaired) electrons. The van der Waals surface area contributed by atoms with Crippen LogP contribution in [0.25, 0.3) is 10.6 Å². The molecule has 0 unspecified atom stereocenters. The first kappa shape index (κ1) is 18.4. The second kappa shape index (κ2) is 7.88. The molecule has 2 aromatic carbocycles. The highest BCUT2D eigenvalue weighted by atomic mass is 32.1. The number of amides is 2. The summed E-state index contributed by atoms with van der Waals surface area (Å²) in [5.41, 5.74) is 7.24. The summed E-state index contributed by atoms with van der Waals surface area (Å²) in [5, 5.41) is 5.10. The standard InChI is InChI=1S/C19H17N3O4S/c1-25-15-8-5-12(9-16(15)26-2)19-22-14(10-27-19)18(24)21-13-6-3-11(4-7-13)17(20)23/h3-10H,1-2H3,(H2,20,23)(H,21,24). The van der Waals surface area contributed by atoms with Gasteiger partial charge in [-0.3, -0.25) is 9.59 Å². The summed E-state index contributed by atoms with van der Waals surface area (Å²) >= 11 is 1.35. The van der Waals surface area contributed by atoms with Gasteiger partial charge in [0.05, 0.1) is 14.2 Å². The molecule has 3 aromatic rings. The van der Waals surface area contributed by atoms with Gasteiger partial charge < -0.3 is 20.5 Å². The van der Waals surface area contributed by atoms with Crippen molar-refractivity contribution in [1.29, 1.82) is 0 Å². The van der Waals surface area contributed by atoms with Crippen molar-refractivity contribution in [3.63, 3.8) is 0 Å². The molecule has 3 rings (SSSR count). The van der Waals surface area contributed by atoms with Gasteiger partial charge in [-0.05, 0) is 42.5 Å². The molecule has 2 amide bonds. The minimum absolute atomic E-state index is 0.295. The number of thiazole rings is 1. The number of nitrogens with two attached hydrogens (primary N) is 1. The molecule has 3 N–H and O–H groups in total. The van der Waals surface area contributed by atoms with Crippen molar-refractivity contribution < 1.29 is 19.1 Å². The third kappa shape index (κ3) is 4.06. The Morgan fingerprint density at radius 1 is 1.04 bits per heavy atom. The number of primary amides is 1. The smallest absolute Gasteiger partial charge is 0.275 e. The van der Waals surface area contributed by atoms with Gasteiger partial charge in [-0.25, -0.2) is 4.98 Å². The molecule has 0 atom stereocenters. The van der Waals surface area contributed by atoms with Crippen molar-refractivity contribution in [2.45, 2.75) is 0 Å². The van der Waals surface area contributed by atoms with E-state index in [1.165, 1.54) is 11.3 Å². The molecule has 0 fully saturated rings. The number of hydrogen-bond acceptors (Lipinski definition) is 6. The first-order valence-electron chi connectivity index (χ1n) is 7.91. The van der Waals surface area contributed by atoms with Crippen LogP contribution in [0.1, 0.15) is 20.8 Å². The monoisotopic (exact) mass is 383 g/mol. The fourth-order valence-corrected chi connectivity index (χ4v) is 3.19. The van der Waals surface area contributed by atoms with Crippen LogP contribution < -0.4 is 20.5 Å². The lowest BCUT2D eigenvalue weighted by molar-refractivity contribution is 0.0998. The Hall–Kier alpha value is -3.39. The van der Waals surface area contributed by atoms with Gasteiger partial charge in [-0.15, -0.1) is 11.3 Å². The van der Waals surface area contributed by atoms with Gasteiger partial charge >= 0.3 is 0 Å². The summed E-state index contributed by atoms with van der Waals surface area (Å²) in [6.45, 7) is 0. The number of anilines is 1. The van der Waals surface area contributed by atoms with E-state index in [4.69, 9.17) is 15.2 Å². The van der Waals surface area contributed by atoms with Crippen LogP contribution in [0.4, 0.5) is 5.69 Å². The van der Waals surface area contributed by atoms with Crippen molar-refractivity contribution in [3.8, 4) is 22.1 Å². The maximum absolute atomic E-state index is 12.4. The molecule has 1 heterocycles. The number of carbonyl (C=O) groups is 2. The van der Waals surface area contributed by atoms with E-state index in [0.717, 1.165) is 5.56 Å². The molecule has 0 aliphatic heterocycles. The van der Waals surface area contributed by atoms with E-state index >= 15 is 0 Å². The number of nitrogens with zero attached hydrogens (tertiary/aromatic N) is 1. The fourth-order valence-electron chi connectivity index (χ4n) is 2.39. The van der Waals surface area contributed by atoms with Crippen LogP contribution in [-0.2, 0) is 0 Å². The van der Waals surface area contributed by atoms with Crippen molar-refractivity contribution in [2.24, 2.45) is 5.73 Å². The van der Waals surface area contributed by atoms with Crippen LogP contribution >= 0.6 is 11.3 Å². The number of ether oxygens (including phenoxy) is 2. The van der Waals surface area contributed by atoms with Gasteiger partial charge in [0.25, 0.3) is 5.91 Å². The molecular weight excluding hydrogens is 366 g/mol. The number of aromatic nitrogens is 1. The minimum Gasteiger partial charge on any atom is -0.493 e. The van der Waals surface area contributed by atoms with Crippen molar-refractivity contribution >= 4 is 28.8 Å². The first-order valence-corrected chi connectivity index (χ1v) is 8.79. The Balaban J connectivity index is 1.77. The Kier molecular flexibility index (Phi) is 5.37. The summed E-state index contributed by atoms with van der Waals surface area (Å²) in [6.07, 6.45) is 0. The number of nitrogens with one attached hydrogen (secondary N) is 1. The predicted molar refractivity (Wildman–Crippen MR) is 104 cm³/mol. The van der Waals surface area contributed by atoms with Gasteiger partial charge in [0.1, 0.15) is 10.7 Å². The van der Waals surface area contributed by atoms with Crippen molar-refractivity contribution in [1.82, 2.24) is 4.98 Å². The summed E-state index contributed by atoms with van der Waals surface area (Å²) in [5.74, 6) is 0.345. The zero-order chi connectivity index (χ0) is 19.4. The summed E-state index contributed by atoms with van der Waals surface area (Å²) in [6, 6.07) is 11.8.